The number of rotatable bonds is 1. The van der Waals surface area contributed by atoms with Crippen molar-refractivity contribution in [1.29, 1.82) is 0 Å². The Labute approximate surface area is 76.8 Å². The molecule has 0 saturated heterocycles. The lowest BCUT2D eigenvalue weighted by Crippen LogP contribution is -2.03. The number of hydrogen-bond acceptors (Lipinski definition) is 3. The van der Waals surface area contributed by atoms with E-state index >= 15 is 0 Å². The number of nitrogens with zero attached hydrogens (tertiary/aromatic N) is 2. The highest BCUT2D eigenvalue weighted by Gasteiger charge is 2.18. The molecule has 0 aliphatic carbocycles. The summed E-state index contributed by atoms with van der Waals surface area (Å²) in [5, 5.41) is -0.554. The summed E-state index contributed by atoms with van der Waals surface area (Å²) in [6.07, 6.45) is 1.28. The molecule has 0 aliphatic heterocycles. The van der Waals surface area contributed by atoms with E-state index in [1.807, 2.05) is 22.6 Å². The van der Waals surface area contributed by atoms with Crippen molar-refractivity contribution in [3.63, 3.8) is 0 Å². The fourth-order valence-electron chi connectivity index (χ4n) is 0.600. The van der Waals surface area contributed by atoms with Gasteiger partial charge >= 0.3 is 10.2 Å². The molecule has 0 spiro atoms. The summed E-state index contributed by atoms with van der Waals surface area (Å²) in [5.74, 6) is 0. The second-order valence-electron chi connectivity index (χ2n) is 1.86. The van der Waals surface area contributed by atoms with Gasteiger partial charge in [-0.1, -0.05) is 3.89 Å². The zero-order valence-corrected chi connectivity index (χ0v) is 8.43. The van der Waals surface area contributed by atoms with E-state index in [0.29, 0.717) is 3.70 Å². The maximum Gasteiger partial charge on any atom is 0.366 e. The first kappa shape index (κ1) is 8.91. The number of imidazole rings is 1. The average molecular weight is 290 g/mol. The van der Waals surface area contributed by atoms with Gasteiger partial charge in [-0.25, -0.2) is 4.98 Å². The maximum atomic E-state index is 12.3. The Kier molecular flexibility index (Phi) is 2.19. The first-order valence-electron chi connectivity index (χ1n) is 2.55. The Morgan fingerprint density at radius 3 is 2.45 bits per heavy atom. The molecule has 0 bridgehead atoms. The van der Waals surface area contributed by atoms with Gasteiger partial charge < -0.3 is 4.57 Å². The van der Waals surface area contributed by atoms with Gasteiger partial charge in [-0.2, -0.15) is 8.42 Å². The van der Waals surface area contributed by atoms with Crippen LogP contribution in [0.1, 0.15) is 0 Å². The molecule has 0 aliphatic rings. The van der Waals surface area contributed by atoms with Gasteiger partial charge in [-0.15, -0.1) is 0 Å². The standard InChI is InChI=1S/C4H4FIN2O2S/c1-8-3(6)2-7-4(8)11(5,9)10/h2H,1H3. The second-order valence-corrected chi connectivity index (χ2v) is 4.21. The molecule has 0 saturated carbocycles. The van der Waals surface area contributed by atoms with Crippen LogP contribution in [0.3, 0.4) is 0 Å². The van der Waals surface area contributed by atoms with Gasteiger partial charge in [0.2, 0.25) is 0 Å². The molecule has 1 rings (SSSR count). The monoisotopic (exact) mass is 290 g/mol. The predicted molar refractivity (Wildman–Crippen MR) is 44.2 cm³/mol. The van der Waals surface area contributed by atoms with Crippen LogP contribution >= 0.6 is 22.6 Å². The Hall–Kier alpha value is -0.180. The second kappa shape index (κ2) is 2.70. The van der Waals surface area contributed by atoms with E-state index in [0.717, 1.165) is 4.57 Å². The summed E-state index contributed by atoms with van der Waals surface area (Å²) in [7, 11) is -3.23. The van der Waals surface area contributed by atoms with E-state index < -0.39 is 15.4 Å². The van der Waals surface area contributed by atoms with Gasteiger partial charge in [0.15, 0.2) is 0 Å². The van der Waals surface area contributed by atoms with Crippen molar-refractivity contribution in [1.82, 2.24) is 9.55 Å². The fraction of sp³-hybridized carbons (Fsp3) is 0.250. The van der Waals surface area contributed by atoms with Crippen LogP contribution < -0.4 is 0 Å². The lowest BCUT2D eigenvalue weighted by atomic mass is 10.9. The largest absolute Gasteiger partial charge is 0.366 e. The van der Waals surface area contributed by atoms with E-state index in [1.54, 1.807) is 0 Å². The first-order chi connectivity index (χ1) is 4.93. The average Bonchev–Trinajstić information content (AvgIpc) is 2.11. The van der Waals surface area contributed by atoms with E-state index in [4.69, 9.17) is 0 Å². The van der Waals surface area contributed by atoms with E-state index in [1.165, 1.54) is 13.2 Å². The van der Waals surface area contributed by atoms with Crippen LogP contribution in [-0.4, -0.2) is 18.0 Å². The summed E-state index contributed by atoms with van der Waals surface area (Å²) in [6.45, 7) is 0. The van der Waals surface area contributed by atoms with Crippen LogP contribution in [0.5, 0.6) is 0 Å². The van der Waals surface area contributed by atoms with Crippen molar-refractivity contribution in [3.05, 3.63) is 9.90 Å². The van der Waals surface area contributed by atoms with Crippen LogP contribution in [0.15, 0.2) is 11.4 Å². The minimum atomic E-state index is -4.67. The Morgan fingerprint density at radius 1 is 1.73 bits per heavy atom. The minimum Gasteiger partial charge on any atom is -0.311 e. The zero-order chi connectivity index (χ0) is 8.65. The van der Waals surface area contributed by atoms with Crippen LogP contribution in [-0.2, 0) is 17.3 Å². The number of hydrogen-bond donors (Lipinski definition) is 0. The maximum absolute atomic E-state index is 12.3. The van der Waals surface area contributed by atoms with E-state index in [2.05, 4.69) is 4.98 Å². The lowest BCUT2D eigenvalue weighted by molar-refractivity contribution is 0.533. The summed E-state index contributed by atoms with van der Waals surface area (Å²) in [5.41, 5.74) is 0. The smallest absolute Gasteiger partial charge is 0.311 e. The van der Waals surface area contributed by atoms with Crippen LogP contribution in [0.4, 0.5) is 3.89 Å². The van der Waals surface area contributed by atoms with E-state index in [9.17, 15) is 12.3 Å². The normalized spacial score (nSPS) is 11.9. The Balaban J connectivity index is 3.38. The van der Waals surface area contributed by atoms with Crippen LogP contribution in [0.25, 0.3) is 0 Å². The van der Waals surface area contributed by atoms with Gasteiger partial charge in [0, 0.05) is 7.05 Å². The van der Waals surface area contributed by atoms with Crippen molar-refractivity contribution in [2.75, 3.05) is 0 Å². The fourth-order valence-corrected chi connectivity index (χ4v) is 1.74. The van der Waals surface area contributed by atoms with Gasteiger partial charge in [-0.3, -0.25) is 0 Å². The first-order valence-corrected chi connectivity index (χ1v) is 5.01. The Morgan fingerprint density at radius 2 is 2.27 bits per heavy atom. The third kappa shape index (κ3) is 1.70. The molecule has 1 aromatic rings. The highest BCUT2D eigenvalue weighted by Crippen LogP contribution is 2.12. The molecule has 1 heterocycles. The molecule has 0 amide bonds. The van der Waals surface area contributed by atoms with Crippen molar-refractivity contribution >= 4 is 32.8 Å². The van der Waals surface area contributed by atoms with E-state index in [-0.39, 0.29) is 0 Å². The quantitative estimate of drug-likeness (QED) is 0.564. The minimum absolute atomic E-state index is 0.554. The molecule has 0 unspecified atom stereocenters. The highest BCUT2D eigenvalue weighted by molar-refractivity contribution is 14.1. The molecule has 0 N–H and O–H groups in total. The highest BCUT2D eigenvalue weighted by atomic mass is 127. The van der Waals surface area contributed by atoms with Crippen LogP contribution in [0.2, 0.25) is 0 Å². The van der Waals surface area contributed by atoms with Gasteiger partial charge in [0.25, 0.3) is 5.16 Å². The van der Waals surface area contributed by atoms with Gasteiger partial charge in [-0.05, 0) is 22.6 Å². The summed E-state index contributed by atoms with van der Waals surface area (Å²) >= 11 is 1.85. The van der Waals surface area contributed by atoms with Gasteiger partial charge in [0.05, 0.1) is 6.20 Å². The topological polar surface area (TPSA) is 52.0 Å². The van der Waals surface area contributed by atoms with Crippen LogP contribution in [0, 0.1) is 3.70 Å². The molecule has 0 fully saturated rings. The van der Waals surface area contributed by atoms with Gasteiger partial charge in [0.1, 0.15) is 3.70 Å². The lowest BCUT2D eigenvalue weighted by Gasteiger charge is -1.94. The summed E-state index contributed by atoms with van der Waals surface area (Å²) in [4.78, 5) is 3.38. The zero-order valence-electron chi connectivity index (χ0n) is 5.45. The van der Waals surface area contributed by atoms with Crippen molar-refractivity contribution in [2.24, 2.45) is 7.05 Å². The molecule has 62 valence electrons. The molecule has 11 heavy (non-hydrogen) atoms. The number of aromatic nitrogens is 2. The molecule has 0 aromatic carbocycles. The van der Waals surface area contributed by atoms with Crippen molar-refractivity contribution in [2.45, 2.75) is 5.16 Å². The molecule has 4 nitrogen and oxygen atoms in total. The summed E-state index contributed by atoms with van der Waals surface area (Å²) in [6, 6.07) is 0. The molecular weight excluding hydrogens is 286 g/mol. The SMILES string of the molecule is Cn1c(I)cnc1S(=O)(=O)F. The summed E-state index contributed by atoms with van der Waals surface area (Å²) < 4.78 is 34.6. The third-order valence-electron chi connectivity index (χ3n) is 1.11. The molecule has 0 radical (unpaired) electrons. The predicted octanol–water partition coefficient (Wildman–Crippen LogP) is 0.683. The Bertz CT molecular complexity index is 371. The molecular formula is C4H4FIN2O2S. The molecule has 0 atom stereocenters. The van der Waals surface area contributed by atoms with Crippen molar-refractivity contribution < 1.29 is 12.3 Å². The molecule has 7 heteroatoms. The molecule has 1 aromatic heterocycles. The number of halogens is 2. The van der Waals surface area contributed by atoms with Crippen molar-refractivity contribution in [3.8, 4) is 0 Å². The third-order valence-corrected chi connectivity index (χ3v) is 2.92.